The molecule has 0 unspecified atom stereocenters. The molecule has 2 aromatic rings. The average Bonchev–Trinajstić information content (AvgIpc) is 3.53. The molecule has 3 aliphatic rings. The van der Waals surface area contributed by atoms with Gasteiger partial charge in [0.15, 0.2) is 0 Å². The molecule has 2 aromatic carbocycles. The molecule has 2 saturated carbocycles. The van der Waals surface area contributed by atoms with Crippen LogP contribution in [0.15, 0.2) is 45.3 Å². The standard InChI is InChI=1S/C15H18BrFO3.C9H14O3.C6H3BrFI.C4H8O.C3H7.ClH.Mg/c1-14(2,3)20-13(18)9-7-15(19,8-9)10-4-5-11(16)12(17)6-10;1-9(2,3)12-8(11)6-4-7(10)5-6;7-5-2-1-4(9)3-6(5)8;1-2-4-5-3-1;1-3-2;;/h4-6,9,19H,7-8H2,1-3H3;6H,4-5H2,1-3H3;1-3H;1-4H2;3H,1-2H3;1H;/q;;;;-1;;+2/p-1. The normalized spacial score (nSPS) is 19.0. The number of ether oxygens (including phenoxy) is 3. The third-order valence-electron chi connectivity index (χ3n) is 6.76. The quantitative estimate of drug-likeness (QED) is 0.121. The van der Waals surface area contributed by atoms with Crippen molar-refractivity contribution in [3.05, 3.63) is 72.5 Å². The van der Waals surface area contributed by atoms with E-state index in [1.165, 1.54) is 25.0 Å². The van der Waals surface area contributed by atoms with E-state index in [2.05, 4.69) is 54.5 Å². The predicted octanol–water partition coefficient (Wildman–Crippen LogP) is 6.68. The van der Waals surface area contributed by atoms with Crippen LogP contribution in [0.2, 0.25) is 0 Å². The second kappa shape index (κ2) is 24.9. The second-order valence-corrected chi connectivity index (χ2v) is 16.9. The Balaban J connectivity index is 0. The molecule has 0 radical (unpaired) electrons. The Bertz CT molecular complexity index is 1360. The molecule has 1 heterocycles. The van der Waals surface area contributed by atoms with Crippen LogP contribution >= 0.6 is 54.5 Å². The van der Waals surface area contributed by atoms with E-state index < -0.39 is 22.6 Å². The average molecular weight is 991 g/mol. The predicted molar refractivity (Wildman–Crippen MR) is 208 cm³/mol. The van der Waals surface area contributed by atoms with E-state index in [1.54, 1.807) is 39.0 Å². The Hall–Kier alpha value is -0.424. The van der Waals surface area contributed by atoms with E-state index >= 15 is 0 Å². The summed E-state index contributed by atoms with van der Waals surface area (Å²) in [6, 6.07) is 9.53. The van der Waals surface area contributed by atoms with Gasteiger partial charge in [-0.3, -0.25) is 14.4 Å². The molecule has 0 spiro atoms. The molecule has 7 nitrogen and oxygen atoms in total. The summed E-state index contributed by atoms with van der Waals surface area (Å²) in [6.07, 6.45) is 5.83. The van der Waals surface area contributed by atoms with Gasteiger partial charge in [-0.1, -0.05) is 6.07 Å². The van der Waals surface area contributed by atoms with Gasteiger partial charge in [0.25, 0.3) is 0 Å². The first-order chi connectivity index (χ1) is 22.6. The van der Waals surface area contributed by atoms with Crippen molar-refractivity contribution in [2.24, 2.45) is 11.8 Å². The minimum Gasteiger partial charge on any atom is -1.00 e. The molecule has 0 amide bonds. The summed E-state index contributed by atoms with van der Waals surface area (Å²) in [7, 11) is 0. The third kappa shape index (κ3) is 21.3. The van der Waals surface area contributed by atoms with Crippen molar-refractivity contribution in [3.8, 4) is 0 Å². The second-order valence-electron chi connectivity index (χ2n) is 13.9. The van der Waals surface area contributed by atoms with Gasteiger partial charge in [0.1, 0.15) is 28.6 Å². The van der Waals surface area contributed by atoms with Crippen LogP contribution in [0.3, 0.4) is 0 Å². The minimum atomic E-state index is -1.14. The fraction of sp³-hybridized carbons (Fsp3) is 0.568. The van der Waals surface area contributed by atoms with Gasteiger partial charge in [0.05, 0.1) is 26.4 Å². The van der Waals surface area contributed by atoms with Gasteiger partial charge in [0, 0.05) is 29.6 Å². The van der Waals surface area contributed by atoms with Gasteiger partial charge in [-0.15, -0.1) is 0 Å². The summed E-state index contributed by atoms with van der Waals surface area (Å²) >= 11 is 8.19. The maximum atomic E-state index is 13.5. The SMILES string of the molecule is C1CCOC1.CC(C)(C)OC(=O)C1CC(=O)C1.CC(C)(C)OC(=O)C1CC(O)(c2ccc(Br)c(F)c2)C1.C[CH-]C.Fc1cc(I)ccc1Br.[Cl-].[Mg+2]. The Morgan fingerprint density at radius 3 is 1.61 bits per heavy atom. The molecular formula is C37H50Br2ClF2IMgO7. The molecule has 0 atom stereocenters. The van der Waals surface area contributed by atoms with Crippen molar-refractivity contribution in [3.63, 3.8) is 0 Å². The first kappa shape index (κ1) is 52.7. The largest absolute Gasteiger partial charge is 2.00 e. The molecule has 5 rings (SSSR count). The van der Waals surface area contributed by atoms with Crippen LogP contribution in [0.4, 0.5) is 8.78 Å². The van der Waals surface area contributed by atoms with Crippen LogP contribution < -0.4 is 12.4 Å². The number of hydrogen-bond acceptors (Lipinski definition) is 7. The van der Waals surface area contributed by atoms with E-state index in [-0.39, 0.29) is 83.7 Å². The van der Waals surface area contributed by atoms with Crippen LogP contribution in [0.25, 0.3) is 0 Å². The molecule has 1 saturated heterocycles. The van der Waals surface area contributed by atoms with Gasteiger partial charge >= 0.3 is 35.0 Å². The molecule has 0 bridgehead atoms. The number of carbonyl (C=O) groups excluding carboxylic acids is 3. The van der Waals surface area contributed by atoms with Gasteiger partial charge < -0.3 is 38.1 Å². The molecule has 1 N–H and O–H groups in total. The van der Waals surface area contributed by atoms with Gasteiger partial charge in [-0.2, -0.15) is 13.8 Å². The van der Waals surface area contributed by atoms with Crippen molar-refractivity contribution in [2.75, 3.05) is 13.2 Å². The zero-order chi connectivity index (χ0) is 37.6. The number of aliphatic hydroxyl groups is 1. The van der Waals surface area contributed by atoms with Gasteiger partial charge in [0.2, 0.25) is 0 Å². The van der Waals surface area contributed by atoms with Crippen molar-refractivity contribution < 1.29 is 54.9 Å². The maximum absolute atomic E-state index is 13.5. The van der Waals surface area contributed by atoms with Crippen LogP contribution in [-0.2, 0) is 34.2 Å². The molecule has 51 heavy (non-hydrogen) atoms. The molecule has 284 valence electrons. The summed E-state index contributed by atoms with van der Waals surface area (Å²) in [5.41, 5.74) is -1.61. The summed E-state index contributed by atoms with van der Waals surface area (Å²) in [5, 5.41) is 10.4. The first-order valence-electron chi connectivity index (χ1n) is 16.2. The van der Waals surface area contributed by atoms with Gasteiger partial charge in [-0.25, -0.2) is 8.78 Å². The molecule has 14 heteroatoms. The summed E-state index contributed by atoms with van der Waals surface area (Å²) in [4.78, 5) is 33.7. The number of halogens is 6. The van der Waals surface area contributed by atoms with Crippen LogP contribution in [0.1, 0.15) is 99.5 Å². The Morgan fingerprint density at radius 1 is 0.863 bits per heavy atom. The van der Waals surface area contributed by atoms with E-state index in [0.717, 1.165) is 16.8 Å². The van der Waals surface area contributed by atoms with Crippen molar-refractivity contribution >= 4 is 95.2 Å². The number of ketones is 1. The molecule has 0 aromatic heterocycles. The fourth-order valence-corrected chi connectivity index (χ4v) is 5.30. The number of hydrogen-bond donors (Lipinski definition) is 1. The Kier molecular flexibility index (Phi) is 25.7. The number of Topliss-reactive ketones (excluding diaryl/α,β-unsaturated/α-hetero) is 1. The molecular weight excluding hydrogens is 941 g/mol. The van der Waals surface area contributed by atoms with Crippen LogP contribution in [0, 0.1) is 33.5 Å². The van der Waals surface area contributed by atoms with Gasteiger partial charge in [-0.05, 0) is 158 Å². The van der Waals surface area contributed by atoms with E-state index in [9.17, 15) is 28.3 Å². The number of benzene rings is 2. The maximum Gasteiger partial charge on any atom is 2.00 e. The molecule has 2 aliphatic carbocycles. The monoisotopic (exact) mass is 988 g/mol. The number of rotatable bonds is 3. The number of esters is 2. The van der Waals surface area contributed by atoms with Crippen molar-refractivity contribution in [1.29, 1.82) is 0 Å². The summed E-state index contributed by atoms with van der Waals surface area (Å²) in [6.45, 7) is 16.9. The number of carbonyl (C=O) groups is 3. The smallest absolute Gasteiger partial charge is 1.00 e. The van der Waals surface area contributed by atoms with Crippen LogP contribution in [-0.4, -0.2) is 70.3 Å². The Labute approximate surface area is 355 Å². The third-order valence-corrected chi connectivity index (χ3v) is 8.72. The van der Waals surface area contributed by atoms with E-state index in [4.69, 9.17) is 14.2 Å². The van der Waals surface area contributed by atoms with Crippen molar-refractivity contribution in [1.82, 2.24) is 0 Å². The van der Waals surface area contributed by atoms with E-state index in [0.29, 0.717) is 27.4 Å². The first-order valence-corrected chi connectivity index (χ1v) is 18.8. The fourth-order valence-electron chi connectivity index (χ4n) is 4.35. The minimum absolute atomic E-state index is 0. The summed E-state index contributed by atoms with van der Waals surface area (Å²) in [5.74, 6) is -1.51. The van der Waals surface area contributed by atoms with Crippen LogP contribution in [0.5, 0.6) is 0 Å². The zero-order valence-corrected chi connectivity index (χ0v) is 38.2. The van der Waals surface area contributed by atoms with Crippen molar-refractivity contribution in [2.45, 2.75) is 111 Å². The summed E-state index contributed by atoms with van der Waals surface area (Å²) < 4.78 is 43.1. The van der Waals surface area contributed by atoms with E-state index in [1.807, 2.05) is 47.1 Å². The topological polar surface area (TPSA) is 99.1 Å². The Morgan fingerprint density at radius 2 is 1.27 bits per heavy atom. The molecule has 3 fully saturated rings. The zero-order valence-electron chi connectivity index (χ0n) is 30.7. The molecule has 1 aliphatic heterocycles.